The average Bonchev–Trinajstić information content (AvgIpc) is 2.97. The van der Waals surface area contributed by atoms with Crippen molar-refractivity contribution in [3.63, 3.8) is 0 Å². The molecule has 6 nitrogen and oxygen atoms in total. The Morgan fingerprint density at radius 3 is 3.09 bits per heavy atom. The Bertz CT molecular complexity index is 707. The van der Waals surface area contributed by atoms with Crippen molar-refractivity contribution in [3.05, 3.63) is 46.5 Å². The first kappa shape index (κ1) is 15.7. The normalized spacial score (nSPS) is 13.7. The molecule has 2 aromatic rings. The molecule has 0 radical (unpaired) electrons. The first-order valence-corrected chi connectivity index (χ1v) is 8.07. The Hall–Kier alpha value is -2.21. The van der Waals surface area contributed by atoms with Crippen LogP contribution >= 0.6 is 0 Å². The van der Waals surface area contributed by atoms with E-state index in [2.05, 4.69) is 20.7 Å². The van der Waals surface area contributed by atoms with Gasteiger partial charge in [-0.05, 0) is 49.6 Å². The summed E-state index contributed by atoms with van der Waals surface area (Å²) in [6.45, 7) is 7.01. The number of pyridine rings is 1. The van der Waals surface area contributed by atoms with Gasteiger partial charge in [0.15, 0.2) is 0 Å². The molecule has 0 unspecified atom stereocenters. The topological polar surface area (TPSA) is 71.8 Å². The van der Waals surface area contributed by atoms with Crippen LogP contribution in [0.2, 0.25) is 0 Å². The van der Waals surface area contributed by atoms with Crippen LogP contribution in [0.4, 0.5) is 0 Å². The number of carbonyl (C=O) groups is 1. The Morgan fingerprint density at radius 1 is 1.43 bits per heavy atom. The van der Waals surface area contributed by atoms with Gasteiger partial charge in [0, 0.05) is 49.8 Å². The Labute approximate surface area is 136 Å². The fraction of sp³-hybridized carbons (Fsp3) is 0.471. The van der Waals surface area contributed by atoms with Gasteiger partial charge in [0.1, 0.15) is 0 Å². The number of hydrogen-bond donors (Lipinski definition) is 2. The highest BCUT2D eigenvalue weighted by Crippen LogP contribution is 2.20. The number of nitrogens with one attached hydrogen (secondary N) is 2. The van der Waals surface area contributed by atoms with Crippen LogP contribution in [-0.4, -0.2) is 27.2 Å². The van der Waals surface area contributed by atoms with E-state index in [-0.39, 0.29) is 5.91 Å². The molecule has 1 aliphatic rings. The van der Waals surface area contributed by atoms with Crippen LogP contribution in [0.5, 0.6) is 0 Å². The number of carbonyl (C=O) groups excluding carboxylic acids is 1. The summed E-state index contributed by atoms with van der Waals surface area (Å²) in [4.78, 5) is 16.6. The fourth-order valence-corrected chi connectivity index (χ4v) is 2.99. The van der Waals surface area contributed by atoms with Crippen molar-refractivity contribution >= 4 is 5.91 Å². The largest absolute Gasteiger partial charge is 0.352 e. The number of aryl methyl sites for hydroxylation is 3. The Balaban J connectivity index is 1.60. The molecular weight excluding hydrogens is 290 g/mol. The molecule has 1 aliphatic heterocycles. The molecule has 2 N–H and O–H groups in total. The van der Waals surface area contributed by atoms with Crippen molar-refractivity contribution in [1.82, 2.24) is 25.4 Å². The van der Waals surface area contributed by atoms with Crippen molar-refractivity contribution in [3.8, 4) is 0 Å². The summed E-state index contributed by atoms with van der Waals surface area (Å²) in [6, 6.07) is 1.94. The van der Waals surface area contributed by atoms with Gasteiger partial charge in [0.25, 0.3) is 0 Å². The maximum absolute atomic E-state index is 12.1. The molecule has 1 amide bonds. The molecule has 2 aromatic heterocycles. The molecule has 0 bridgehead atoms. The zero-order valence-corrected chi connectivity index (χ0v) is 13.7. The molecule has 122 valence electrons. The van der Waals surface area contributed by atoms with Crippen LogP contribution in [0.15, 0.2) is 18.5 Å². The standard InChI is InChI=1S/C17H23N5O/c1-12-3-7-21-22(12)8-5-17(23)20-11-16-13(2)19-10-14-9-18-6-4-15(14)16/h3,7,10,18H,4-6,8-9,11H2,1-2H3,(H,20,23). The third-order valence-corrected chi connectivity index (χ3v) is 4.41. The second-order valence-corrected chi connectivity index (χ2v) is 5.98. The van der Waals surface area contributed by atoms with E-state index in [4.69, 9.17) is 0 Å². The van der Waals surface area contributed by atoms with Crippen LogP contribution in [0.1, 0.15) is 34.5 Å². The zero-order chi connectivity index (χ0) is 16.2. The zero-order valence-electron chi connectivity index (χ0n) is 13.7. The highest BCUT2D eigenvalue weighted by molar-refractivity contribution is 5.75. The Kier molecular flexibility index (Phi) is 4.71. The third kappa shape index (κ3) is 3.59. The van der Waals surface area contributed by atoms with Crippen LogP contribution in [0, 0.1) is 13.8 Å². The number of rotatable bonds is 5. The number of hydrogen-bond acceptors (Lipinski definition) is 4. The average molecular weight is 313 g/mol. The van der Waals surface area contributed by atoms with Gasteiger partial charge in [-0.15, -0.1) is 0 Å². The lowest BCUT2D eigenvalue weighted by atomic mass is 9.96. The van der Waals surface area contributed by atoms with Gasteiger partial charge in [-0.1, -0.05) is 0 Å². The lowest BCUT2D eigenvalue weighted by Gasteiger charge is -2.21. The van der Waals surface area contributed by atoms with E-state index in [0.717, 1.165) is 30.9 Å². The Morgan fingerprint density at radius 2 is 2.30 bits per heavy atom. The van der Waals surface area contributed by atoms with Gasteiger partial charge in [0.2, 0.25) is 5.91 Å². The predicted octanol–water partition coefficient (Wildman–Crippen LogP) is 1.25. The molecule has 0 fully saturated rings. The molecule has 6 heteroatoms. The van der Waals surface area contributed by atoms with E-state index in [9.17, 15) is 4.79 Å². The highest BCUT2D eigenvalue weighted by Gasteiger charge is 2.16. The third-order valence-electron chi connectivity index (χ3n) is 4.41. The van der Waals surface area contributed by atoms with Crippen LogP contribution in [0.25, 0.3) is 0 Å². The number of fused-ring (bicyclic) bond motifs is 1. The summed E-state index contributed by atoms with van der Waals surface area (Å²) in [6.07, 6.45) is 5.14. The summed E-state index contributed by atoms with van der Waals surface area (Å²) in [5.74, 6) is 0.0471. The molecule has 0 saturated heterocycles. The minimum absolute atomic E-state index is 0.0471. The van der Waals surface area contributed by atoms with Gasteiger partial charge in [-0.3, -0.25) is 14.5 Å². The monoisotopic (exact) mass is 313 g/mol. The summed E-state index contributed by atoms with van der Waals surface area (Å²) < 4.78 is 1.85. The maximum Gasteiger partial charge on any atom is 0.222 e. The molecule has 3 heterocycles. The number of amides is 1. The van der Waals surface area contributed by atoms with Crippen molar-refractivity contribution in [2.75, 3.05) is 6.54 Å². The van der Waals surface area contributed by atoms with E-state index in [1.165, 1.54) is 16.7 Å². The smallest absolute Gasteiger partial charge is 0.222 e. The number of nitrogens with zero attached hydrogens (tertiary/aromatic N) is 3. The van der Waals surface area contributed by atoms with E-state index in [1.807, 2.05) is 30.8 Å². The van der Waals surface area contributed by atoms with Crippen molar-refractivity contribution in [1.29, 1.82) is 0 Å². The van der Waals surface area contributed by atoms with Crippen molar-refractivity contribution < 1.29 is 4.79 Å². The van der Waals surface area contributed by atoms with Gasteiger partial charge in [-0.25, -0.2) is 0 Å². The molecule has 0 aliphatic carbocycles. The number of aromatic nitrogens is 3. The lowest BCUT2D eigenvalue weighted by Crippen LogP contribution is -2.29. The molecule has 0 saturated carbocycles. The van der Waals surface area contributed by atoms with Crippen molar-refractivity contribution in [2.45, 2.75) is 46.3 Å². The summed E-state index contributed by atoms with van der Waals surface area (Å²) in [7, 11) is 0. The molecular formula is C17H23N5O. The van der Waals surface area contributed by atoms with Crippen LogP contribution < -0.4 is 10.6 Å². The second kappa shape index (κ2) is 6.91. The minimum Gasteiger partial charge on any atom is -0.352 e. The van der Waals surface area contributed by atoms with Gasteiger partial charge < -0.3 is 10.6 Å². The summed E-state index contributed by atoms with van der Waals surface area (Å²) in [5, 5.41) is 10.6. The van der Waals surface area contributed by atoms with Gasteiger partial charge >= 0.3 is 0 Å². The second-order valence-electron chi connectivity index (χ2n) is 5.98. The SMILES string of the molecule is Cc1ncc2c(c1CNC(=O)CCn1nccc1C)CCNC2. The lowest BCUT2D eigenvalue weighted by molar-refractivity contribution is -0.121. The molecule has 3 rings (SSSR count). The van der Waals surface area contributed by atoms with Crippen molar-refractivity contribution in [2.24, 2.45) is 0 Å². The molecule has 23 heavy (non-hydrogen) atoms. The minimum atomic E-state index is 0.0471. The quantitative estimate of drug-likeness (QED) is 0.871. The molecule has 0 aromatic carbocycles. The highest BCUT2D eigenvalue weighted by atomic mass is 16.1. The fourth-order valence-electron chi connectivity index (χ4n) is 2.99. The van der Waals surface area contributed by atoms with Gasteiger partial charge in [0.05, 0.1) is 0 Å². The van der Waals surface area contributed by atoms with E-state index >= 15 is 0 Å². The summed E-state index contributed by atoms with van der Waals surface area (Å²) >= 11 is 0. The van der Waals surface area contributed by atoms with Gasteiger partial charge in [-0.2, -0.15) is 5.10 Å². The maximum atomic E-state index is 12.1. The summed E-state index contributed by atoms with van der Waals surface area (Å²) in [5.41, 5.74) is 5.85. The van der Waals surface area contributed by atoms with Crippen LogP contribution in [-0.2, 0) is 30.8 Å². The van der Waals surface area contributed by atoms with Crippen LogP contribution in [0.3, 0.4) is 0 Å². The van der Waals surface area contributed by atoms with E-state index < -0.39 is 0 Å². The first-order chi connectivity index (χ1) is 11.1. The molecule has 0 atom stereocenters. The predicted molar refractivity (Wildman–Crippen MR) is 87.8 cm³/mol. The van der Waals surface area contributed by atoms with E-state index in [0.29, 0.717) is 19.5 Å². The molecule has 0 spiro atoms. The van der Waals surface area contributed by atoms with E-state index in [1.54, 1.807) is 6.20 Å². The first-order valence-electron chi connectivity index (χ1n) is 8.07.